The van der Waals surface area contributed by atoms with Gasteiger partial charge in [-0.3, -0.25) is 4.79 Å². The van der Waals surface area contributed by atoms with Crippen LogP contribution in [-0.2, 0) is 9.53 Å². The molecule has 1 unspecified atom stereocenters. The lowest BCUT2D eigenvalue weighted by Gasteiger charge is -2.37. The quantitative estimate of drug-likeness (QED) is 0.439. The molecule has 0 spiro atoms. The second-order valence-corrected chi connectivity index (χ2v) is 7.86. The average Bonchev–Trinajstić information content (AvgIpc) is 2.61. The summed E-state index contributed by atoms with van der Waals surface area (Å²) in [6.07, 6.45) is 0.707. The van der Waals surface area contributed by atoms with Crippen LogP contribution in [0.3, 0.4) is 0 Å². The van der Waals surface area contributed by atoms with Crippen molar-refractivity contribution in [1.29, 1.82) is 5.26 Å². The first-order valence-corrected chi connectivity index (χ1v) is 9.16. The van der Waals surface area contributed by atoms with Gasteiger partial charge in [0.1, 0.15) is 17.4 Å². The van der Waals surface area contributed by atoms with Gasteiger partial charge in [-0.1, -0.05) is 13.8 Å². The van der Waals surface area contributed by atoms with Gasteiger partial charge in [-0.2, -0.15) is 10.5 Å². The zero-order valence-corrected chi connectivity index (χ0v) is 16.4. The lowest BCUT2D eigenvalue weighted by Crippen LogP contribution is -2.99. The van der Waals surface area contributed by atoms with Crippen LogP contribution in [0, 0.1) is 22.0 Å². The number of carbonyl (C=O) groups is 1. The summed E-state index contributed by atoms with van der Waals surface area (Å²) < 4.78 is 11.0. The highest BCUT2D eigenvalue weighted by atomic mass is 16.8. The van der Waals surface area contributed by atoms with E-state index >= 15 is 0 Å². The van der Waals surface area contributed by atoms with Gasteiger partial charge in [0.05, 0.1) is 12.5 Å². The van der Waals surface area contributed by atoms with Gasteiger partial charge in [0.15, 0.2) is 11.5 Å². The third kappa shape index (κ3) is 3.65. The number of nitrogens with one attached hydrogen (secondary N) is 1. The number of benzene rings is 1. The SMILES string of the molecule is CCOc1cc([C@@H]2C(C#N)=C(N)OC3=C2C(=O)CC(C)(C)C3)cc([NH+]([O-])O)c1O. The molecule has 0 aromatic heterocycles. The Morgan fingerprint density at radius 1 is 1.45 bits per heavy atom. The number of phenols is 1. The molecule has 1 aromatic carbocycles. The first-order valence-electron chi connectivity index (χ1n) is 9.16. The second-order valence-electron chi connectivity index (χ2n) is 7.86. The molecule has 3 rings (SSSR count). The number of quaternary nitrogens is 1. The summed E-state index contributed by atoms with van der Waals surface area (Å²) in [6, 6.07) is 4.65. The zero-order chi connectivity index (χ0) is 21.5. The van der Waals surface area contributed by atoms with Crippen LogP contribution < -0.4 is 15.7 Å². The maximum Gasteiger partial charge on any atom is 0.223 e. The molecule has 9 nitrogen and oxygen atoms in total. The molecule has 1 aliphatic carbocycles. The van der Waals surface area contributed by atoms with Crippen molar-refractivity contribution in [2.24, 2.45) is 11.1 Å². The van der Waals surface area contributed by atoms with Gasteiger partial charge in [-0.05, 0) is 24.0 Å². The van der Waals surface area contributed by atoms with Crippen molar-refractivity contribution in [3.63, 3.8) is 0 Å². The Balaban J connectivity index is 2.26. The van der Waals surface area contributed by atoms with Crippen LogP contribution in [-0.4, -0.2) is 22.7 Å². The number of phenolic OH excluding ortho intramolecular Hbond substituents is 1. The van der Waals surface area contributed by atoms with Gasteiger partial charge in [0, 0.05) is 24.5 Å². The molecule has 5 N–H and O–H groups in total. The average molecular weight is 401 g/mol. The van der Waals surface area contributed by atoms with Crippen LogP contribution in [0.15, 0.2) is 34.9 Å². The molecule has 0 saturated heterocycles. The minimum atomic E-state index is -1.36. The van der Waals surface area contributed by atoms with E-state index in [0.717, 1.165) is 0 Å². The molecule has 2 atom stereocenters. The Morgan fingerprint density at radius 2 is 2.14 bits per heavy atom. The number of nitrogens with two attached hydrogens (primary N) is 1. The van der Waals surface area contributed by atoms with E-state index in [9.17, 15) is 25.6 Å². The second kappa shape index (κ2) is 7.40. The van der Waals surface area contributed by atoms with Crippen LogP contribution >= 0.6 is 0 Å². The maximum atomic E-state index is 13.0. The van der Waals surface area contributed by atoms with Crippen molar-refractivity contribution in [2.45, 2.75) is 39.5 Å². The number of nitriles is 1. The van der Waals surface area contributed by atoms with Gasteiger partial charge in [0.25, 0.3) is 0 Å². The number of carbonyl (C=O) groups excluding carboxylic acids is 1. The lowest BCUT2D eigenvalue weighted by atomic mass is 9.70. The highest BCUT2D eigenvalue weighted by Crippen LogP contribution is 2.49. The van der Waals surface area contributed by atoms with Gasteiger partial charge in [-0.15, -0.1) is 0 Å². The predicted octanol–water partition coefficient (Wildman–Crippen LogP) is 1.65. The normalized spacial score (nSPS) is 21.9. The Labute approximate surface area is 167 Å². The largest absolute Gasteiger partial charge is 0.595 e. The summed E-state index contributed by atoms with van der Waals surface area (Å²) in [6.45, 7) is 5.74. The lowest BCUT2D eigenvalue weighted by molar-refractivity contribution is -0.991. The molecule has 29 heavy (non-hydrogen) atoms. The zero-order valence-electron chi connectivity index (χ0n) is 16.4. The molecule has 0 saturated carbocycles. The fourth-order valence-corrected chi connectivity index (χ4v) is 3.84. The number of hydrogen-bond acceptors (Lipinski definition) is 8. The monoisotopic (exact) mass is 401 g/mol. The molecular formula is C20H23N3O6. The van der Waals surface area contributed by atoms with E-state index in [2.05, 4.69) is 0 Å². The predicted molar refractivity (Wildman–Crippen MR) is 101 cm³/mol. The number of allylic oxidation sites excluding steroid dienone is 3. The smallest absolute Gasteiger partial charge is 0.223 e. The van der Waals surface area contributed by atoms with Gasteiger partial charge in [-0.25, -0.2) is 5.21 Å². The number of nitrogens with zero attached hydrogens (tertiary/aromatic N) is 1. The maximum absolute atomic E-state index is 13.0. The van der Waals surface area contributed by atoms with Crippen LogP contribution in [0.1, 0.15) is 45.1 Å². The Kier molecular flexibility index (Phi) is 5.28. The highest BCUT2D eigenvalue weighted by Gasteiger charge is 2.43. The van der Waals surface area contributed by atoms with Gasteiger partial charge >= 0.3 is 0 Å². The van der Waals surface area contributed by atoms with Crippen LogP contribution in [0.5, 0.6) is 11.5 Å². The standard InChI is InChI=1S/C20H23N3O6/c1-4-28-14-6-10(5-12(18(14)25)23(26)27)16-11(9-21)19(22)29-15-8-20(2,3)7-13(24)17(15)16/h5-6,16,23,25-26H,4,7-8,22H2,1-3H3/t16-/m1/s1. The molecule has 154 valence electrons. The molecule has 0 fully saturated rings. The van der Waals surface area contributed by atoms with E-state index in [1.807, 2.05) is 19.9 Å². The Morgan fingerprint density at radius 3 is 2.72 bits per heavy atom. The van der Waals surface area contributed by atoms with Crippen molar-refractivity contribution < 1.29 is 29.8 Å². The minimum absolute atomic E-state index is 0.0151. The number of rotatable bonds is 4. The van der Waals surface area contributed by atoms with E-state index in [1.54, 1.807) is 6.92 Å². The molecule has 1 aromatic rings. The summed E-state index contributed by atoms with van der Waals surface area (Å²) in [4.78, 5) is 13.0. The van der Waals surface area contributed by atoms with Crippen molar-refractivity contribution in [1.82, 2.24) is 0 Å². The Hall–Kier alpha value is -3.06. The fraction of sp³-hybridized carbons (Fsp3) is 0.400. The van der Waals surface area contributed by atoms with Gasteiger partial charge < -0.3 is 25.5 Å². The van der Waals surface area contributed by atoms with Crippen molar-refractivity contribution in [3.8, 4) is 17.6 Å². The van der Waals surface area contributed by atoms with Crippen molar-refractivity contribution in [2.75, 3.05) is 6.61 Å². The first kappa shape index (κ1) is 20.7. The minimum Gasteiger partial charge on any atom is -0.595 e. The molecule has 2 aliphatic rings. The number of hydrogen-bond donors (Lipinski definition) is 4. The van der Waals surface area contributed by atoms with Gasteiger partial charge in [0.2, 0.25) is 17.3 Å². The number of ether oxygens (including phenoxy) is 2. The van der Waals surface area contributed by atoms with Crippen LogP contribution in [0.2, 0.25) is 0 Å². The van der Waals surface area contributed by atoms with Crippen molar-refractivity contribution >= 4 is 11.5 Å². The molecule has 1 aliphatic heterocycles. The number of aromatic hydroxyl groups is 1. The topological polar surface area (TPSA) is 153 Å². The van der Waals surface area contributed by atoms with E-state index < -0.39 is 16.9 Å². The van der Waals surface area contributed by atoms with Crippen molar-refractivity contribution in [3.05, 3.63) is 45.7 Å². The summed E-state index contributed by atoms with van der Waals surface area (Å²) >= 11 is 0. The third-order valence-electron chi connectivity index (χ3n) is 5.04. The van der Waals surface area contributed by atoms with E-state index in [4.69, 9.17) is 15.2 Å². The third-order valence-corrected chi connectivity index (χ3v) is 5.04. The molecule has 0 amide bonds. The summed E-state index contributed by atoms with van der Waals surface area (Å²) in [5.74, 6) is -1.39. The van der Waals surface area contributed by atoms with Crippen LogP contribution in [0.4, 0.5) is 5.69 Å². The molecule has 0 radical (unpaired) electrons. The molecule has 0 bridgehead atoms. The Bertz CT molecular complexity index is 971. The molecule has 1 heterocycles. The summed E-state index contributed by atoms with van der Waals surface area (Å²) in [5, 5.41) is 39.7. The molecule has 9 heteroatoms. The number of ketones is 1. The van der Waals surface area contributed by atoms with E-state index in [0.29, 0.717) is 23.3 Å². The highest BCUT2D eigenvalue weighted by molar-refractivity contribution is 6.00. The fourth-order valence-electron chi connectivity index (χ4n) is 3.84. The van der Waals surface area contributed by atoms with E-state index in [-0.39, 0.29) is 47.1 Å². The first-order chi connectivity index (χ1) is 13.6. The summed E-state index contributed by atoms with van der Waals surface area (Å²) in [5.41, 5.74) is 5.87. The van der Waals surface area contributed by atoms with E-state index in [1.165, 1.54) is 12.1 Å². The number of Topliss-reactive ketones (excluding diaryl/α,β-unsaturated/α-hetero) is 1. The van der Waals surface area contributed by atoms with Crippen LogP contribution in [0.25, 0.3) is 0 Å². The molecular weight excluding hydrogens is 378 g/mol. The summed E-state index contributed by atoms with van der Waals surface area (Å²) in [7, 11) is 0.